The highest BCUT2D eigenvalue weighted by molar-refractivity contribution is 5.93. The number of nitrogens with zero attached hydrogens (tertiary/aromatic N) is 3. The van der Waals surface area contributed by atoms with Crippen molar-refractivity contribution in [2.24, 2.45) is 22.9 Å². The third-order valence-electron chi connectivity index (χ3n) is 4.68. The van der Waals surface area contributed by atoms with Crippen molar-refractivity contribution in [2.75, 3.05) is 0 Å². The van der Waals surface area contributed by atoms with E-state index in [0.717, 1.165) is 5.56 Å². The molecule has 0 heterocycles. The zero-order valence-electron chi connectivity index (χ0n) is 19.0. The fourth-order valence-electron chi connectivity index (χ4n) is 3.19. The van der Waals surface area contributed by atoms with Gasteiger partial charge in [0.2, 0.25) is 5.91 Å². The molecule has 0 saturated carbocycles. The lowest BCUT2D eigenvalue weighted by molar-refractivity contribution is -0.133. The quantitative estimate of drug-likeness (QED) is 0.0768. The Morgan fingerprint density at radius 2 is 1.41 bits per heavy atom. The molecule has 1 aromatic rings. The molecule has 11 heteroatoms. The Labute approximate surface area is 188 Å². The van der Waals surface area contributed by atoms with Gasteiger partial charge in [-0.2, -0.15) is 4.91 Å². The summed E-state index contributed by atoms with van der Waals surface area (Å²) < 4.78 is 0. The number of azide groups is 1. The molecule has 0 aliphatic rings. The number of nitrogens with two attached hydrogens (primary N) is 1. The van der Waals surface area contributed by atoms with Crippen LogP contribution in [0.15, 0.2) is 35.6 Å². The second kappa shape index (κ2) is 13.9. The van der Waals surface area contributed by atoms with Crippen molar-refractivity contribution in [3.8, 4) is 0 Å². The Morgan fingerprint density at radius 1 is 0.906 bits per heavy atom. The minimum Gasteiger partial charge on any atom is -0.342 e. The molecule has 0 aromatic heterocycles. The average Bonchev–Trinajstić information content (AvgIpc) is 2.75. The fourth-order valence-corrected chi connectivity index (χ4v) is 3.19. The average molecular weight is 447 g/mol. The summed E-state index contributed by atoms with van der Waals surface area (Å²) in [6, 6.07) is 6.64. The molecule has 11 nitrogen and oxygen atoms in total. The van der Waals surface area contributed by atoms with E-state index in [1.807, 2.05) is 58.0 Å². The smallest absolute Gasteiger partial charge is 0.266 e. The van der Waals surface area contributed by atoms with E-state index in [4.69, 9.17) is 11.4 Å². The summed E-state index contributed by atoms with van der Waals surface area (Å²) >= 11 is 0. The summed E-state index contributed by atoms with van der Waals surface area (Å²) in [6.45, 7) is 7.69. The van der Waals surface area contributed by atoms with Gasteiger partial charge in [0, 0.05) is 6.42 Å². The number of hydrazine groups is 1. The van der Waals surface area contributed by atoms with Crippen LogP contribution in [0.4, 0.5) is 0 Å². The molecule has 0 aliphatic heterocycles. The van der Waals surface area contributed by atoms with E-state index in [1.165, 1.54) is 0 Å². The van der Waals surface area contributed by atoms with Gasteiger partial charge in [-0.3, -0.25) is 19.8 Å². The molecule has 0 spiro atoms. The van der Waals surface area contributed by atoms with Crippen molar-refractivity contribution in [3.63, 3.8) is 0 Å². The lowest BCUT2D eigenvalue weighted by atomic mass is 9.99. The van der Waals surface area contributed by atoms with Crippen molar-refractivity contribution in [2.45, 2.75) is 65.1 Å². The molecule has 0 unspecified atom stereocenters. The number of benzene rings is 1. The third kappa shape index (κ3) is 9.67. The highest BCUT2D eigenvalue weighted by atomic mass is 16.2. The van der Waals surface area contributed by atoms with Gasteiger partial charge < -0.3 is 10.6 Å². The maximum absolute atomic E-state index is 13.0. The van der Waals surface area contributed by atoms with Gasteiger partial charge >= 0.3 is 0 Å². The van der Waals surface area contributed by atoms with Gasteiger partial charge in [-0.1, -0.05) is 58.0 Å². The monoisotopic (exact) mass is 446 g/mol. The molecule has 0 bridgehead atoms. The van der Waals surface area contributed by atoms with Crippen LogP contribution in [0.2, 0.25) is 0 Å². The number of carbonyl (C=O) groups is 3. The molecule has 0 radical (unpaired) electrons. The van der Waals surface area contributed by atoms with Crippen LogP contribution in [0.1, 0.15) is 46.1 Å². The Hall–Kier alpha value is -3.30. The minimum absolute atomic E-state index is 0.0931. The van der Waals surface area contributed by atoms with Crippen LogP contribution in [-0.2, 0) is 20.8 Å². The zero-order valence-corrected chi connectivity index (χ0v) is 19.0. The number of hydrogen-bond acceptors (Lipinski definition) is 5. The first-order valence-electron chi connectivity index (χ1n) is 10.6. The maximum Gasteiger partial charge on any atom is 0.266 e. The first-order valence-corrected chi connectivity index (χ1v) is 10.6. The van der Waals surface area contributed by atoms with E-state index in [9.17, 15) is 14.4 Å². The van der Waals surface area contributed by atoms with Crippen LogP contribution in [0.3, 0.4) is 0 Å². The largest absolute Gasteiger partial charge is 0.342 e. The summed E-state index contributed by atoms with van der Waals surface area (Å²) in [5.74, 6) is 4.00. The molecule has 0 aliphatic carbocycles. The summed E-state index contributed by atoms with van der Waals surface area (Å²) in [5, 5.41) is 8.75. The van der Waals surface area contributed by atoms with Gasteiger partial charge in [-0.05, 0) is 35.5 Å². The molecule has 3 atom stereocenters. The molecule has 176 valence electrons. The molecular formula is C21H34N8O3. The molecule has 32 heavy (non-hydrogen) atoms. The second-order valence-electron chi connectivity index (χ2n) is 8.45. The van der Waals surface area contributed by atoms with Crippen molar-refractivity contribution in [1.82, 2.24) is 21.5 Å². The molecule has 3 amide bonds. The highest BCUT2D eigenvalue weighted by Crippen LogP contribution is 2.10. The molecule has 1 aromatic carbocycles. The van der Waals surface area contributed by atoms with E-state index in [1.54, 1.807) is 0 Å². The Balaban J connectivity index is 3.00. The lowest BCUT2D eigenvalue weighted by Crippen LogP contribution is -2.57. The van der Waals surface area contributed by atoms with E-state index >= 15 is 0 Å². The van der Waals surface area contributed by atoms with E-state index in [2.05, 4.69) is 31.6 Å². The SMILES string of the molecule is CC(C)C[C@H](NC(=O)[C@H](CC(C)C)NC(=O)[C@H](Cc1ccccc1)NN=[N+]=[N-])C(=O)NN. The van der Waals surface area contributed by atoms with Crippen molar-refractivity contribution < 1.29 is 14.4 Å². The molecule has 6 N–H and O–H groups in total. The lowest BCUT2D eigenvalue weighted by Gasteiger charge is -2.25. The molecule has 1 rings (SSSR count). The van der Waals surface area contributed by atoms with E-state index in [-0.39, 0.29) is 18.3 Å². The predicted octanol–water partition coefficient (Wildman–Crippen LogP) is 1.46. The first kappa shape index (κ1) is 26.7. The van der Waals surface area contributed by atoms with E-state index < -0.39 is 35.8 Å². The summed E-state index contributed by atoms with van der Waals surface area (Å²) in [6.07, 6.45) is 1.01. The fraction of sp³-hybridized carbons (Fsp3) is 0.571. The van der Waals surface area contributed by atoms with Crippen LogP contribution in [0.25, 0.3) is 10.4 Å². The minimum atomic E-state index is -0.881. The summed E-state index contributed by atoms with van der Waals surface area (Å²) in [7, 11) is 0. The Morgan fingerprint density at radius 3 is 1.88 bits per heavy atom. The standard InChI is InChI=1S/C21H34N8O3/c1-13(2)10-16(19(30)25-17(11-14(3)4)21(32)26-22)24-20(31)18(27-29-28-23)12-15-8-6-5-7-9-15/h5-9,13-14,16-18,27H,10-12,22H2,1-4H3,(H,24,31)(H,25,30)(H,26,32)/t16-,17-,18-/m0/s1. The van der Waals surface area contributed by atoms with Gasteiger partial charge in [-0.25, -0.2) is 11.3 Å². The Bertz CT molecular complexity index is 793. The molecular weight excluding hydrogens is 412 g/mol. The topological polar surface area (TPSA) is 174 Å². The van der Waals surface area contributed by atoms with Crippen LogP contribution >= 0.6 is 0 Å². The molecule has 0 saturated heterocycles. The zero-order chi connectivity index (χ0) is 24.1. The van der Waals surface area contributed by atoms with Gasteiger partial charge in [0.05, 0.1) is 0 Å². The summed E-state index contributed by atoms with van der Waals surface area (Å²) in [5.41, 5.74) is 14.1. The highest BCUT2D eigenvalue weighted by Gasteiger charge is 2.30. The number of hydrogen-bond donors (Lipinski definition) is 5. The van der Waals surface area contributed by atoms with Gasteiger partial charge in [-0.15, -0.1) is 5.53 Å². The normalized spacial score (nSPS) is 13.5. The van der Waals surface area contributed by atoms with Crippen LogP contribution in [0, 0.1) is 11.8 Å². The number of carbonyl (C=O) groups excluding carboxylic acids is 3. The van der Waals surface area contributed by atoms with Gasteiger partial charge in [0.1, 0.15) is 12.1 Å². The van der Waals surface area contributed by atoms with Crippen molar-refractivity contribution in [1.29, 1.82) is 0 Å². The number of amides is 3. The number of nitrogens with one attached hydrogen (secondary N) is 4. The predicted molar refractivity (Wildman–Crippen MR) is 121 cm³/mol. The first-order chi connectivity index (χ1) is 15.2. The van der Waals surface area contributed by atoms with Gasteiger partial charge in [0.25, 0.3) is 11.8 Å². The maximum atomic E-state index is 13.0. The van der Waals surface area contributed by atoms with Crippen LogP contribution in [0.5, 0.6) is 0 Å². The van der Waals surface area contributed by atoms with Gasteiger partial charge in [0.15, 0.2) is 6.04 Å². The molecule has 0 fully saturated rings. The summed E-state index contributed by atoms with van der Waals surface area (Å²) in [4.78, 5) is 40.7. The van der Waals surface area contributed by atoms with E-state index in [0.29, 0.717) is 12.8 Å². The van der Waals surface area contributed by atoms with Crippen LogP contribution in [-0.4, -0.2) is 35.8 Å². The third-order valence-corrected chi connectivity index (χ3v) is 4.68. The van der Waals surface area contributed by atoms with Crippen LogP contribution < -0.4 is 27.3 Å². The Kier molecular flexibility index (Phi) is 11.6. The van der Waals surface area contributed by atoms with Crippen molar-refractivity contribution in [3.05, 3.63) is 46.3 Å². The number of rotatable bonds is 13. The van der Waals surface area contributed by atoms with Crippen molar-refractivity contribution >= 4 is 17.7 Å². The second-order valence-corrected chi connectivity index (χ2v) is 8.45.